The predicted molar refractivity (Wildman–Crippen MR) is 99.6 cm³/mol. The number of aromatic nitrogens is 1. The highest BCUT2D eigenvalue weighted by Gasteiger charge is 2.41. The lowest BCUT2D eigenvalue weighted by Crippen LogP contribution is -2.48. The Hall–Kier alpha value is -2.14. The van der Waals surface area contributed by atoms with E-state index >= 15 is 0 Å². The molecule has 1 aromatic carbocycles. The van der Waals surface area contributed by atoms with Crippen LogP contribution in [-0.4, -0.2) is 40.4 Å². The average molecular weight is 354 g/mol. The second-order valence-electron chi connectivity index (χ2n) is 6.34. The molecule has 2 heterocycles. The van der Waals surface area contributed by atoms with Crippen molar-refractivity contribution in [3.05, 3.63) is 60.3 Å². The molecule has 0 atom stereocenters. The van der Waals surface area contributed by atoms with Gasteiger partial charge in [0.2, 0.25) is 5.91 Å². The quantitative estimate of drug-likeness (QED) is 0.773. The van der Waals surface area contributed by atoms with Crippen LogP contribution in [0.3, 0.4) is 0 Å². The first-order chi connectivity index (χ1) is 12.1. The fraction of sp³-hybridized carbons (Fsp3) is 0.350. The number of thioether (sulfide) groups is 1. The number of nitrogens with zero attached hydrogens (tertiary/aromatic N) is 2. The number of likely N-dealkylation sites (tertiary alicyclic amines) is 1. The molecule has 0 unspecified atom stereocenters. The van der Waals surface area contributed by atoms with E-state index < -0.39 is 5.41 Å². The molecular formula is C20H22N2O2S. The molecule has 0 spiro atoms. The molecule has 0 radical (unpaired) electrons. The zero-order chi connectivity index (χ0) is 17.7. The lowest BCUT2D eigenvalue weighted by molar-refractivity contribution is -0.133. The summed E-state index contributed by atoms with van der Waals surface area (Å²) in [4.78, 5) is 31.0. The Labute approximate surface area is 152 Å². The van der Waals surface area contributed by atoms with Crippen molar-refractivity contribution < 1.29 is 9.59 Å². The SMILES string of the molecule is CC(=O)C1(c2ccccc2)CCN(C(=O)CSc2ccccn2)CC1. The summed E-state index contributed by atoms with van der Waals surface area (Å²) in [6, 6.07) is 15.6. The molecule has 130 valence electrons. The molecule has 0 bridgehead atoms. The molecule has 0 aliphatic carbocycles. The Balaban J connectivity index is 1.62. The van der Waals surface area contributed by atoms with Gasteiger partial charge in [-0.1, -0.05) is 48.2 Å². The number of hydrogen-bond acceptors (Lipinski definition) is 4. The van der Waals surface area contributed by atoms with E-state index in [-0.39, 0.29) is 11.7 Å². The summed E-state index contributed by atoms with van der Waals surface area (Å²) in [7, 11) is 0. The summed E-state index contributed by atoms with van der Waals surface area (Å²) in [5.74, 6) is 0.685. The summed E-state index contributed by atoms with van der Waals surface area (Å²) in [5, 5.41) is 0.857. The number of Topliss-reactive ketones (excluding diaryl/α,β-unsaturated/α-hetero) is 1. The van der Waals surface area contributed by atoms with Gasteiger partial charge in [-0.2, -0.15) is 0 Å². The number of pyridine rings is 1. The summed E-state index contributed by atoms with van der Waals surface area (Å²) < 4.78 is 0. The molecule has 0 saturated carbocycles. The third-order valence-electron chi connectivity index (χ3n) is 4.95. The molecule has 0 N–H and O–H groups in total. The van der Waals surface area contributed by atoms with Gasteiger partial charge in [0.15, 0.2) is 0 Å². The largest absolute Gasteiger partial charge is 0.342 e. The molecule has 3 rings (SSSR count). The Morgan fingerprint density at radius 3 is 2.36 bits per heavy atom. The van der Waals surface area contributed by atoms with Crippen molar-refractivity contribution in [1.29, 1.82) is 0 Å². The number of hydrogen-bond donors (Lipinski definition) is 0. The third kappa shape index (κ3) is 3.93. The lowest BCUT2D eigenvalue weighted by atomic mass is 9.70. The smallest absolute Gasteiger partial charge is 0.232 e. The van der Waals surface area contributed by atoms with Gasteiger partial charge in [-0.25, -0.2) is 4.98 Å². The van der Waals surface area contributed by atoms with E-state index in [1.54, 1.807) is 13.1 Å². The second-order valence-corrected chi connectivity index (χ2v) is 7.34. The highest BCUT2D eigenvalue weighted by molar-refractivity contribution is 7.99. The standard InChI is InChI=1S/C20H22N2O2S/c1-16(23)20(17-7-3-2-4-8-17)10-13-22(14-11-20)19(24)15-25-18-9-5-6-12-21-18/h2-9,12H,10-11,13-15H2,1H3. The number of piperidine rings is 1. The summed E-state index contributed by atoms with van der Waals surface area (Å²) in [5.41, 5.74) is 0.615. The molecule has 1 amide bonds. The van der Waals surface area contributed by atoms with Crippen LogP contribution >= 0.6 is 11.8 Å². The van der Waals surface area contributed by atoms with Crippen LogP contribution in [0.5, 0.6) is 0 Å². The Kier molecular flexibility index (Phi) is 5.53. The van der Waals surface area contributed by atoms with Crippen molar-refractivity contribution in [3.8, 4) is 0 Å². The molecule has 1 aliphatic rings. The summed E-state index contributed by atoms with van der Waals surface area (Å²) in [6.07, 6.45) is 3.10. The number of carbonyl (C=O) groups excluding carboxylic acids is 2. The van der Waals surface area contributed by atoms with E-state index in [1.807, 2.05) is 53.4 Å². The zero-order valence-corrected chi connectivity index (χ0v) is 15.2. The molecule has 2 aromatic rings. The Morgan fingerprint density at radius 2 is 1.76 bits per heavy atom. The fourth-order valence-electron chi connectivity index (χ4n) is 3.40. The highest BCUT2D eigenvalue weighted by atomic mass is 32.2. The first-order valence-corrected chi connectivity index (χ1v) is 9.48. The van der Waals surface area contributed by atoms with Crippen molar-refractivity contribution in [3.63, 3.8) is 0 Å². The maximum Gasteiger partial charge on any atom is 0.232 e. The monoisotopic (exact) mass is 354 g/mol. The first kappa shape index (κ1) is 17.7. The van der Waals surface area contributed by atoms with Gasteiger partial charge in [0.1, 0.15) is 5.78 Å². The van der Waals surface area contributed by atoms with Crippen molar-refractivity contribution in [1.82, 2.24) is 9.88 Å². The number of rotatable bonds is 5. The van der Waals surface area contributed by atoms with Crippen molar-refractivity contribution in [2.24, 2.45) is 0 Å². The van der Waals surface area contributed by atoms with Gasteiger partial charge in [-0.15, -0.1) is 0 Å². The number of carbonyl (C=O) groups is 2. The molecule has 1 fully saturated rings. The lowest BCUT2D eigenvalue weighted by Gasteiger charge is -2.40. The van der Waals surface area contributed by atoms with E-state index in [1.165, 1.54) is 11.8 Å². The van der Waals surface area contributed by atoms with Crippen LogP contribution in [0.25, 0.3) is 0 Å². The number of amides is 1. The summed E-state index contributed by atoms with van der Waals surface area (Å²) in [6.45, 7) is 2.91. The van der Waals surface area contributed by atoms with Crippen LogP contribution in [0.1, 0.15) is 25.3 Å². The molecule has 25 heavy (non-hydrogen) atoms. The molecule has 1 saturated heterocycles. The van der Waals surface area contributed by atoms with Crippen LogP contribution in [0.15, 0.2) is 59.8 Å². The second kappa shape index (κ2) is 7.83. The molecule has 5 heteroatoms. The fourth-order valence-corrected chi connectivity index (χ4v) is 4.16. The van der Waals surface area contributed by atoms with Crippen molar-refractivity contribution in [2.45, 2.75) is 30.2 Å². The maximum atomic E-state index is 12.5. The van der Waals surface area contributed by atoms with Crippen LogP contribution in [-0.2, 0) is 15.0 Å². The molecule has 1 aliphatic heterocycles. The van der Waals surface area contributed by atoms with Crippen molar-refractivity contribution >= 4 is 23.5 Å². The predicted octanol–water partition coefficient (Wildman–Crippen LogP) is 3.32. The van der Waals surface area contributed by atoms with E-state index in [4.69, 9.17) is 0 Å². The Morgan fingerprint density at radius 1 is 1.08 bits per heavy atom. The van der Waals surface area contributed by atoms with Gasteiger partial charge in [0.25, 0.3) is 0 Å². The van der Waals surface area contributed by atoms with Crippen molar-refractivity contribution in [2.75, 3.05) is 18.8 Å². The minimum atomic E-state index is -0.452. The van der Waals surface area contributed by atoms with E-state index in [0.29, 0.717) is 31.7 Å². The Bertz CT molecular complexity index is 726. The minimum absolute atomic E-state index is 0.112. The first-order valence-electron chi connectivity index (χ1n) is 8.50. The van der Waals surface area contributed by atoms with Gasteiger partial charge >= 0.3 is 0 Å². The van der Waals surface area contributed by atoms with E-state index in [0.717, 1.165) is 10.6 Å². The van der Waals surface area contributed by atoms with Crippen LogP contribution in [0.2, 0.25) is 0 Å². The maximum absolute atomic E-state index is 12.5. The normalized spacial score (nSPS) is 16.4. The van der Waals surface area contributed by atoms with Crippen LogP contribution in [0.4, 0.5) is 0 Å². The average Bonchev–Trinajstić information content (AvgIpc) is 2.67. The van der Waals surface area contributed by atoms with Gasteiger partial charge in [-0.05, 0) is 37.5 Å². The molecule has 4 nitrogen and oxygen atoms in total. The van der Waals surface area contributed by atoms with Gasteiger partial charge in [-0.3, -0.25) is 9.59 Å². The highest BCUT2D eigenvalue weighted by Crippen LogP contribution is 2.36. The van der Waals surface area contributed by atoms with E-state index in [9.17, 15) is 9.59 Å². The topological polar surface area (TPSA) is 50.3 Å². The molecule has 1 aromatic heterocycles. The number of benzene rings is 1. The number of ketones is 1. The van der Waals surface area contributed by atoms with Crippen LogP contribution in [0, 0.1) is 0 Å². The van der Waals surface area contributed by atoms with E-state index in [2.05, 4.69) is 4.98 Å². The third-order valence-corrected chi connectivity index (χ3v) is 5.88. The zero-order valence-electron chi connectivity index (χ0n) is 14.4. The van der Waals surface area contributed by atoms with Gasteiger partial charge < -0.3 is 4.90 Å². The van der Waals surface area contributed by atoms with Gasteiger partial charge in [0, 0.05) is 19.3 Å². The summed E-state index contributed by atoms with van der Waals surface area (Å²) >= 11 is 1.46. The van der Waals surface area contributed by atoms with Crippen LogP contribution < -0.4 is 0 Å². The molecular weight excluding hydrogens is 332 g/mol. The van der Waals surface area contributed by atoms with Gasteiger partial charge in [0.05, 0.1) is 16.2 Å². The minimum Gasteiger partial charge on any atom is -0.342 e.